The molecule has 1 aliphatic heterocycles. The van der Waals surface area contributed by atoms with Gasteiger partial charge in [-0.15, -0.1) is 0 Å². The zero-order chi connectivity index (χ0) is 28.6. The molecule has 1 aliphatic rings. The highest BCUT2D eigenvalue weighted by atomic mass is 127. The topological polar surface area (TPSA) is 48.4 Å². The highest BCUT2D eigenvalue weighted by Crippen LogP contribution is 2.41. The van der Waals surface area contributed by atoms with Gasteiger partial charge in [-0.05, 0) is 177 Å². The van der Waals surface area contributed by atoms with Gasteiger partial charge in [-0.3, -0.25) is 14.7 Å². The second kappa shape index (κ2) is 11.8. The highest BCUT2D eigenvalue weighted by molar-refractivity contribution is 14.1. The average molecular weight is 882 g/mol. The first-order chi connectivity index (χ1) is 20.5. The third-order valence-corrected chi connectivity index (χ3v) is 8.95. The molecule has 6 nitrogen and oxygen atoms in total. The van der Waals surface area contributed by atoms with Crippen LogP contribution in [-0.2, 0) is 0 Å². The summed E-state index contributed by atoms with van der Waals surface area (Å²) < 4.78 is 3.48. The molecule has 0 saturated heterocycles. The monoisotopic (exact) mass is 882 g/mol. The van der Waals surface area contributed by atoms with Crippen molar-refractivity contribution in [2.75, 3.05) is 14.7 Å². The Morgan fingerprint density at radius 2 is 0.524 bits per heavy atom. The summed E-state index contributed by atoms with van der Waals surface area (Å²) >= 11 is 7.00. The molecule has 0 atom stereocenters. The van der Waals surface area contributed by atoms with E-state index in [1.54, 1.807) is 0 Å². The minimum Gasteiger partial charge on any atom is -0.279 e. The maximum Gasteiger partial charge on any atom is 0.141 e. The number of hydrogen-bond donors (Lipinski definition) is 0. The lowest BCUT2D eigenvalue weighted by Crippen LogP contribution is -2.20. The maximum atomic E-state index is 5.21. The van der Waals surface area contributed by atoms with Crippen molar-refractivity contribution in [3.63, 3.8) is 0 Å². The number of anilines is 9. The largest absolute Gasteiger partial charge is 0.279 e. The van der Waals surface area contributed by atoms with E-state index in [9.17, 15) is 0 Å². The molecule has 0 fully saturated rings. The second-order valence-corrected chi connectivity index (χ2v) is 13.2. The van der Waals surface area contributed by atoms with Gasteiger partial charge >= 0.3 is 0 Å². The Morgan fingerprint density at radius 3 is 0.738 bits per heavy atom. The number of halogens is 3. The Bertz CT molecular complexity index is 1600. The molecule has 0 unspecified atom stereocenters. The number of pyridine rings is 3. The maximum absolute atomic E-state index is 5.21. The Hall–Kier alpha value is -3.30. The van der Waals surface area contributed by atoms with E-state index in [0.29, 0.717) is 0 Å². The van der Waals surface area contributed by atoms with Gasteiger partial charge in [0, 0.05) is 27.8 Å². The lowest BCUT2D eigenvalue weighted by atomic mass is 10.2. The average Bonchev–Trinajstić information content (AvgIpc) is 3.01. The number of rotatable bonds is 3. The molecule has 0 spiro atoms. The van der Waals surface area contributed by atoms with Crippen LogP contribution in [0.2, 0.25) is 0 Å². The standard InChI is InChI=1S/C33H21I3N6/c34-22-10-16-25(17-11-22)40-28-4-1-5-29(37-28)41(26-18-12-23(35)13-19-26)31-7-3-9-33(39-31)42(27-20-14-24(36)15-21-27)32-8-2-6-30(40)38-32/h1-21H. The van der Waals surface area contributed by atoms with Crippen molar-refractivity contribution in [1.82, 2.24) is 15.0 Å². The number of fused-ring (bicyclic) bond motifs is 6. The highest BCUT2D eigenvalue weighted by Gasteiger charge is 2.24. The van der Waals surface area contributed by atoms with Gasteiger partial charge in [-0.25, -0.2) is 15.0 Å². The van der Waals surface area contributed by atoms with Crippen molar-refractivity contribution < 1.29 is 0 Å². The summed E-state index contributed by atoms with van der Waals surface area (Å²) in [6.07, 6.45) is 0. The van der Waals surface area contributed by atoms with Gasteiger partial charge in [0.2, 0.25) is 0 Å². The van der Waals surface area contributed by atoms with Crippen LogP contribution >= 0.6 is 67.8 Å². The smallest absolute Gasteiger partial charge is 0.141 e. The summed E-state index contributed by atoms with van der Waals surface area (Å²) in [6.45, 7) is 0. The van der Waals surface area contributed by atoms with Crippen LogP contribution in [-0.4, -0.2) is 15.0 Å². The molecule has 3 aromatic carbocycles. The van der Waals surface area contributed by atoms with Crippen molar-refractivity contribution in [3.8, 4) is 0 Å². The van der Waals surface area contributed by atoms with Crippen LogP contribution in [0, 0.1) is 10.7 Å². The van der Waals surface area contributed by atoms with Crippen molar-refractivity contribution in [1.29, 1.82) is 0 Å². The molecule has 0 radical (unpaired) electrons. The number of benzene rings is 3. The van der Waals surface area contributed by atoms with Crippen molar-refractivity contribution in [3.05, 3.63) is 138 Å². The molecule has 4 heterocycles. The molecule has 0 saturated carbocycles. The van der Waals surface area contributed by atoms with Gasteiger partial charge in [-0.2, -0.15) is 0 Å². The quantitative estimate of drug-likeness (QED) is 0.165. The van der Waals surface area contributed by atoms with Crippen LogP contribution in [0.3, 0.4) is 0 Å². The Labute approximate surface area is 284 Å². The first-order valence-electron chi connectivity index (χ1n) is 13.1. The van der Waals surface area contributed by atoms with Gasteiger partial charge in [0.05, 0.1) is 0 Å². The van der Waals surface area contributed by atoms with E-state index in [-0.39, 0.29) is 0 Å². The van der Waals surface area contributed by atoms with Crippen molar-refractivity contribution in [2.45, 2.75) is 0 Å². The minimum atomic E-state index is 0.756. The van der Waals surface area contributed by atoms with E-state index in [1.165, 1.54) is 0 Å². The van der Waals surface area contributed by atoms with Gasteiger partial charge in [0.1, 0.15) is 34.9 Å². The fraction of sp³-hybridized carbons (Fsp3) is 0. The van der Waals surface area contributed by atoms with E-state index in [2.05, 4.69) is 155 Å². The minimum absolute atomic E-state index is 0.756. The van der Waals surface area contributed by atoms with Crippen LogP contribution in [0.15, 0.2) is 127 Å². The third-order valence-electron chi connectivity index (χ3n) is 6.79. The van der Waals surface area contributed by atoms with Crippen LogP contribution in [0.5, 0.6) is 0 Å². The molecule has 9 heteroatoms. The molecule has 0 N–H and O–H groups in total. The normalized spacial score (nSPS) is 12.5. The predicted octanol–water partition coefficient (Wildman–Crippen LogP) is 10.4. The summed E-state index contributed by atoms with van der Waals surface area (Å²) in [4.78, 5) is 21.9. The van der Waals surface area contributed by atoms with Gasteiger partial charge in [0.15, 0.2) is 0 Å². The van der Waals surface area contributed by atoms with E-state index in [0.717, 1.165) is 62.7 Å². The fourth-order valence-electron chi connectivity index (χ4n) is 4.90. The molecule has 0 aliphatic carbocycles. The summed E-state index contributed by atoms with van der Waals surface area (Å²) in [5.41, 5.74) is 2.92. The lowest BCUT2D eigenvalue weighted by Gasteiger charge is -2.30. The Balaban J connectivity index is 1.53. The first kappa shape index (κ1) is 27.5. The molecule has 6 bridgehead atoms. The molecule has 0 amide bonds. The fourth-order valence-corrected chi connectivity index (χ4v) is 5.98. The SMILES string of the molecule is Ic1ccc(N2c3cccc(n3)N(c3ccc(I)cc3)c3cccc(n3)N(c3ccc(I)cc3)c3cccc2n3)cc1. The summed E-state index contributed by atoms with van der Waals surface area (Å²) in [6, 6.07) is 43.5. The molecule has 6 aromatic rings. The Morgan fingerprint density at radius 1 is 0.310 bits per heavy atom. The first-order valence-corrected chi connectivity index (χ1v) is 16.4. The molecule has 3 aromatic heterocycles. The van der Waals surface area contributed by atoms with Gasteiger partial charge in [-0.1, -0.05) is 18.2 Å². The molecular weight excluding hydrogens is 861 g/mol. The van der Waals surface area contributed by atoms with Crippen LogP contribution < -0.4 is 14.7 Å². The molecular formula is C33H21I3N6. The molecule has 42 heavy (non-hydrogen) atoms. The lowest BCUT2D eigenvalue weighted by molar-refractivity contribution is 1.05. The Kier molecular flexibility index (Phi) is 7.71. The van der Waals surface area contributed by atoms with Gasteiger partial charge < -0.3 is 0 Å². The van der Waals surface area contributed by atoms with E-state index >= 15 is 0 Å². The molecule has 7 rings (SSSR count). The van der Waals surface area contributed by atoms with E-state index in [4.69, 9.17) is 15.0 Å². The van der Waals surface area contributed by atoms with E-state index < -0.39 is 0 Å². The van der Waals surface area contributed by atoms with Crippen LogP contribution in [0.25, 0.3) is 0 Å². The zero-order valence-corrected chi connectivity index (χ0v) is 28.4. The predicted molar refractivity (Wildman–Crippen MR) is 196 cm³/mol. The van der Waals surface area contributed by atoms with Crippen molar-refractivity contribution >= 4 is 120 Å². The van der Waals surface area contributed by atoms with Crippen molar-refractivity contribution in [2.24, 2.45) is 0 Å². The van der Waals surface area contributed by atoms with E-state index in [1.807, 2.05) is 54.6 Å². The summed E-state index contributed by atoms with van der Waals surface area (Å²) in [5.74, 6) is 4.54. The van der Waals surface area contributed by atoms with Gasteiger partial charge in [0.25, 0.3) is 0 Å². The summed E-state index contributed by atoms with van der Waals surface area (Å²) in [7, 11) is 0. The summed E-state index contributed by atoms with van der Waals surface area (Å²) in [5, 5.41) is 0. The second-order valence-electron chi connectivity index (χ2n) is 9.50. The number of hydrogen-bond acceptors (Lipinski definition) is 6. The zero-order valence-electron chi connectivity index (χ0n) is 21.9. The molecule has 204 valence electrons. The third kappa shape index (κ3) is 5.44. The number of nitrogens with zero attached hydrogens (tertiary/aromatic N) is 6. The number of aromatic nitrogens is 3. The van der Waals surface area contributed by atoms with Crippen LogP contribution in [0.4, 0.5) is 52.0 Å². The van der Waals surface area contributed by atoms with Crippen LogP contribution in [0.1, 0.15) is 0 Å².